The lowest BCUT2D eigenvalue weighted by Gasteiger charge is -2.08. The van der Waals surface area contributed by atoms with E-state index in [4.69, 9.17) is 5.73 Å². The van der Waals surface area contributed by atoms with Crippen LogP contribution in [0, 0.1) is 16.3 Å². The quantitative estimate of drug-likeness (QED) is 0.858. The van der Waals surface area contributed by atoms with Crippen molar-refractivity contribution in [3.8, 4) is 0 Å². The molecule has 18 heavy (non-hydrogen) atoms. The zero-order chi connectivity index (χ0) is 13.3. The summed E-state index contributed by atoms with van der Waals surface area (Å²) in [4.78, 5) is 15.1. The largest absolute Gasteiger partial charge is 0.370 e. The van der Waals surface area contributed by atoms with Gasteiger partial charge in [0.25, 0.3) is 0 Å². The molecular weight excluding hydrogens is 346 g/mol. The Morgan fingerprint density at radius 3 is 2.83 bits per heavy atom. The van der Waals surface area contributed by atoms with Crippen LogP contribution in [0.2, 0.25) is 0 Å². The molecule has 2 rings (SSSR count). The van der Waals surface area contributed by atoms with Gasteiger partial charge in [-0.25, -0.2) is 4.39 Å². The van der Waals surface area contributed by atoms with Crippen LogP contribution in [0.25, 0.3) is 10.9 Å². The maximum Gasteiger partial charge on any atom is 0.217 e. The topological polar surface area (TPSA) is 56.0 Å². The van der Waals surface area contributed by atoms with Crippen LogP contribution >= 0.6 is 22.6 Å². The Labute approximate surface area is 118 Å². The molecule has 5 heteroatoms. The van der Waals surface area contributed by atoms with E-state index in [9.17, 15) is 9.18 Å². The molecule has 1 heterocycles. The predicted octanol–water partition coefficient (Wildman–Crippen LogP) is 2.70. The van der Waals surface area contributed by atoms with Crippen molar-refractivity contribution in [2.45, 2.75) is 19.8 Å². The van der Waals surface area contributed by atoms with Crippen LogP contribution in [0.3, 0.4) is 0 Å². The number of primary amides is 1. The highest BCUT2D eigenvalue weighted by molar-refractivity contribution is 14.1. The Kier molecular flexibility index (Phi) is 3.79. The van der Waals surface area contributed by atoms with Crippen LogP contribution in [0.4, 0.5) is 4.39 Å². The molecule has 94 valence electrons. The minimum absolute atomic E-state index is 0.256. The van der Waals surface area contributed by atoms with E-state index in [1.165, 1.54) is 6.07 Å². The van der Waals surface area contributed by atoms with Gasteiger partial charge < -0.3 is 5.73 Å². The van der Waals surface area contributed by atoms with E-state index >= 15 is 0 Å². The number of carbonyl (C=O) groups excluding carboxylic acids is 1. The second-order valence-electron chi connectivity index (χ2n) is 4.17. The number of amides is 1. The van der Waals surface area contributed by atoms with Crippen LogP contribution in [0.5, 0.6) is 0 Å². The van der Waals surface area contributed by atoms with Crippen LogP contribution in [-0.2, 0) is 11.2 Å². The van der Waals surface area contributed by atoms with Crippen LogP contribution in [0.1, 0.15) is 17.7 Å². The molecule has 1 aromatic heterocycles. The lowest BCUT2D eigenvalue weighted by molar-refractivity contribution is -0.117. The number of rotatable bonds is 3. The fourth-order valence-corrected chi connectivity index (χ4v) is 2.51. The standard InChI is InChI=1S/C13H12FIN2O/c1-7-4-8(2-3-12(16)18)10-5-9(15)6-11(14)13(10)17-7/h4-6H,2-3H2,1H3,(H2,16,18). The Bertz CT molecular complexity index is 628. The molecular formula is C13H12FIN2O. The monoisotopic (exact) mass is 358 g/mol. The van der Waals surface area contributed by atoms with Gasteiger partial charge in [0, 0.05) is 21.1 Å². The Hall–Kier alpha value is -1.24. The number of benzene rings is 1. The van der Waals surface area contributed by atoms with Gasteiger partial charge in [-0.2, -0.15) is 0 Å². The first kappa shape index (κ1) is 13.2. The van der Waals surface area contributed by atoms with E-state index in [0.29, 0.717) is 11.9 Å². The fraction of sp³-hybridized carbons (Fsp3) is 0.231. The molecule has 0 aliphatic heterocycles. The average Bonchev–Trinajstić information content (AvgIpc) is 2.27. The first-order valence-electron chi connectivity index (χ1n) is 5.51. The molecule has 2 aromatic rings. The number of carbonyl (C=O) groups is 1. The molecule has 0 saturated carbocycles. The lowest BCUT2D eigenvalue weighted by Crippen LogP contribution is -2.11. The second kappa shape index (κ2) is 5.17. The van der Waals surface area contributed by atoms with Gasteiger partial charge >= 0.3 is 0 Å². The van der Waals surface area contributed by atoms with Gasteiger partial charge in [-0.05, 0) is 59.7 Å². The summed E-state index contributed by atoms with van der Waals surface area (Å²) in [5.74, 6) is -0.690. The Morgan fingerprint density at radius 1 is 1.44 bits per heavy atom. The van der Waals surface area contributed by atoms with Crippen molar-refractivity contribution in [1.29, 1.82) is 0 Å². The molecule has 0 atom stereocenters. The second-order valence-corrected chi connectivity index (χ2v) is 5.42. The van der Waals surface area contributed by atoms with Gasteiger partial charge in [0.05, 0.1) is 0 Å². The third-order valence-corrected chi connectivity index (χ3v) is 3.31. The van der Waals surface area contributed by atoms with Crippen molar-refractivity contribution >= 4 is 39.4 Å². The molecule has 0 aliphatic carbocycles. The minimum atomic E-state index is -0.358. The number of hydrogen-bond donors (Lipinski definition) is 1. The molecule has 0 aliphatic rings. The predicted molar refractivity (Wildman–Crippen MR) is 76.7 cm³/mol. The van der Waals surface area contributed by atoms with E-state index in [2.05, 4.69) is 27.6 Å². The van der Waals surface area contributed by atoms with E-state index in [-0.39, 0.29) is 18.1 Å². The summed E-state index contributed by atoms with van der Waals surface area (Å²) in [5.41, 5.74) is 7.16. The molecule has 1 aromatic carbocycles. The van der Waals surface area contributed by atoms with Crippen LogP contribution < -0.4 is 5.73 Å². The highest BCUT2D eigenvalue weighted by atomic mass is 127. The SMILES string of the molecule is Cc1cc(CCC(N)=O)c2cc(I)cc(F)c2n1. The third-order valence-electron chi connectivity index (χ3n) is 2.69. The molecule has 1 amide bonds. The zero-order valence-electron chi connectivity index (χ0n) is 9.84. The lowest BCUT2D eigenvalue weighted by atomic mass is 10.0. The zero-order valence-corrected chi connectivity index (χ0v) is 12.0. The van der Waals surface area contributed by atoms with E-state index in [1.807, 2.05) is 19.1 Å². The summed E-state index contributed by atoms with van der Waals surface area (Å²) in [6, 6.07) is 5.20. The molecule has 0 unspecified atom stereocenters. The van der Waals surface area contributed by atoms with Gasteiger partial charge in [0.1, 0.15) is 11.3 Å². The molecule has 0 fully saturated rings. The van der Waals surface area contributed by atoms with Gasteiger partial charge in [0.2, 0.25) is 5.91 Å². The van der Waals surface area contributed by atoms with Crippen molar-refractivity contribution < 1.29 is 9.18 Å². The summed E-state index contributed by atoms with van der Waals surface area (Å²) in [7, 11) is 0. The van der Waals surface area contributed by atoms with E-state index in [1.54, 1.807) is 0 Å². The Morgan fingerprint density at radius 2 is 2.17 bits per heavy atom. The number of aryl methyl sites for hydroxylation is 2. The van der Waals surface area contributed by atoms with E-state index in [0.717, 1.165) is 20.2 Å². The summed E-state index contributed by atoms with van der Waals surface area (Å²) < 4.78 is 14.7. The summed E-state index contributed by atoms with van der Waals surface area (Å²) >= 11 is 2.06. The van der Waals surface area contributed by atoms with E-state index < -0.39 is 0 Å². The fourth-order valence-electron chi connectivity index (χ4n) is 1.93. The normalized spacial score (nSPS) is 10.8. The molecule has 3 nitrogen and oxygen atoms in total. The van der Waals surface area contributed by atoms with Crippen LogP contribution in [-0.4, -0.2) is 10.9 Å². The number of fused-ring (bicyclic) bond motifs is 1. The molecule has 0 saturated heterocycles. The molecule has 0 radical (unpaired) electrons. The van der Waals surface area contributed by atoms with Crippen molar-refractivity contribution in [3.63, 3.8) is 0 Å². The number of nitrogens with zero attached hydrogens (tertiary/aromatic N) is 1. The van der Waals surface area contributed by atoms with Crippen molar-refractivity contribution in [3.05, 3.63) is 38.8 Å². The van der Waals surface area contributed by atoms with Crippen molar-refractivity contribution in [2.75, 3.05) is 0 Å². The number of nitrogens with two attached hydrogens (primary N) is 1. The third kappa shape index (κ3) is 2.77. The minimum Gasteiger partial charge on any atom is -0.370 e. The van der Waals surface area contributed by atoms with Crippen molar-refractivity contribution in [2.24, 2.45) is 5.73 Å². The number of pyridine rings is 1. The van der Waals surface area contributed by atoms with Gasteiger partial charge in [-0.1, -0.05) is 0 Å². The number of aromatic nitrogens is 1. The highest BCUT2D eigenvalue weighted by Crippen LogP contribution is 2.24. The molecule has 2 N–H and O–H groups in total. The Balaban J connectivity index is 2.60. The first-order chi connectivity index (χ1) is 8.47. The van der Waals surface area contributed by atoms with Gasteiger partial charge in [-0.15, -0.1) is 0 Å². The summed E-state index contributed by atoms with van der Waals surface area (Å²) in [6.07, 6.45) is 0.764. The average molecular weight is 358 g/mol. The first-order valence-corrected chi connectivity index (χ1v) is 6.59. The highest BCUT2D eigenvalue weighted by Gasteiger charge is 2.10. The van der Waals surface area contributed by atoms with Gasteiger partial charge in [-0.3, -0.25) is 9.78 Å². The maximum atomic E-state index is 13.8. The van der Waals surface area contributed by atoms with Gasteiger partial charge in [0.15, 0.2) is 0 Å². The molecule has 0 spiro atoms. The summed E-state index contributed by atoms with van der Waals surface area (Å²) in [5, 5.41) is 0.756. The van der Waals surface area contributed by atoms with Crippen molar-refractivity contribution in [1.82, 2.24) is 4.98 Å². The molecule has 0 bridgehead atoms. The number of hydrogen-bond acceptors (Lipinski definition) is 2. The van der Waals surface area contributed by atoms with Crippen LogP contribution in [0.15, 0.2) is 18.2 Å². The maximum absolute atomic E-state index is 13.8. The smallest absolute Gasteiger partial charge is 0.217 e. The summed E-state index contributed by atoms with van der Waals surface area (Å²) in [6.45, 7) is 1.81. The number of halogens is 2.